The van der Waals surface area contributed by atoms with E-state index in [0.717, 1.165) is 11.3 Å². The average Bonchev–Trinajstić information content (AvgIpc) is 2.36. The molecular weight excluding hydrogens is 253 g/mol. The first-order valence-electron chi connectivity index (χ1n) is 5.85. The van der Waals surface area contributed by atoms with Gasteiger partial charge in [0.2, 0.25) is 0 Å². The fourth-order valence-electron chi connectivity index (χ4n) is 2.19. The van der Waals surface area contributed by atoms with Gasteiger partial charge in [-0.2, -0.15) is 23.5 Å². The number of nitrogens with one attached hydrogen (secondary N) is 1. The molecule has 94 valence electrons. The SMILES string of the molecule is CNC(c1cc(F)ccc1C)C1CSCCS1. The molecule has 0 amide bonds. The summed E-state index contributed by atoms with van der Waals surface area (Å²) in [7, 11) is 1.97. The monoisotopic (exact) mass is 271 g/mol. The van der Waals surface area contributed by atoms with Crippen LogP contribution in [0.3, 0.4) is 0 Å². The van der Waals surface area contributed by atoms with Gasteiger partial charge in [-0.05, 0) is 37.2 Å². The molecule has 0 saturated carbocycles. The Morgan fingerprint density at radius 1 is 1.41 bits per heavy atom. The Hall–Kier alpha value is -0.190. The molecule has 0 aliphatic carbocycles. The first-order valence-corrected chi connectivity index (χ1v) is 8.05. The lowest BCUT2D eigenvalue weighted by Crippen LogP contribution is -2.32. The van der Waals surface area contributed by atoms with Crippen molar-refractivity contribution in [1.82, 2.24) is 5.32 Å². The predicted molar refractivity (Wildman–Crippen MR) is 76.5 cm³/mol. The summed E-state index contributed by atoms with van der Waals surface area (Å²) in [6, 6.07) is 5.34. The predicted octanol–water partition coefficient (Wildman–Crippen LogP) is 3.24. The van der Waals surface area contributed by atoms with Crippen molar-refractivity contribution in [1.29, 1.82) is 0 Å². The van der Waals surface area contributed by atoms with Crippen molar-refractivity contribution in [2.75, 3.05) is 24.3 Å². The number of halogens is 1. The maximum absolute atomic E-state index is 13.4. The van der Waals surface area contributed by atoms with Crippen LogP contribution >= 0.6 is 23.5 Å². The van der Waals surface area contributed by atoms with E-state index in [0.29, 0.717) is 5.25 Å². The Morgan fingerprint density at radius 3 is 2.88 bits per heavy atom. The van der Waals surface area contributed by atoms with Crippen LogP contribution in [0, 0.1) is 12.7 Å². The second-order valence-corrected chi connectivity index (χ2v) is 6.75. The highest BCUT2D eigenvalue weighted by Gasteiger charge is 2.26. The molecule has 1 heterocycles. The van der Waals surface area contributed by atoms with E-state index in [9.17, 15) is 4.39 Å². The van der Waals surface area contributed by atoms with Gasteiger partial charge in [0.1, 0.15) is 5.82 Å². The molecule has 2 rings (SSSR count). The highest BCUT2D eigenvalue weighted by Crippen LogP contribution is 2.34. The zero-order chi connectivity index (χ0) is 12.3. The number of benzene rings is 1. The molecule has 1 fully saturated rings. The number of thioether (sulfide) groups is 2. The van der Waals surface area contributed by atoms with Crippen LogP contribution in [0.4, 0.5) is 4.39 Å². The van der Waals surface area contributed by atoms with Gasteiger partial charge < -0.3 is 5.32 Å². The summed E-state index contributed by atoms with van der Waals surface area (Å²) in [6.45, 7) is 2.06. The van der Waals surface area contributed by atoms with Crippen molar-refractivity contribution < 1.29 is 4.39 Å². The lowest BCUT2D eigenvalue weighted by Gasteiger charge is -2.30. The van der Waals surface area contributed by atoms with Gasteiger partial charge in [-0.25, -0.2) is 4.39 Å². The Bertz CT molecular complexity index is 378. The smallest absolute Gasteiger partial charge is 0.123 e. The lowest BCUT2D eigenvalue weighted by molar-refractivity contribution is 0.575. The van der Waals surface area contributed by atoms with Gasteiger partial charge in [0.15, 0.2) is 0 Å². The third-order valence-corrected chi connectivity index (χ3v) is 5.96. The lowest BCUT2D eigenvalue weighted by atomic mass is 9.99. The van der Waals surface area contributed by atoms with E-state index in [1.807, 2.05) is 36.6 Å². The molecule has 0 spiro atoms. The molecule has 1 saturated heterocycles. The van der Waals surface area contributed by atoms with Crippen molar-refractivity contribution in [3.8, 4) is 0 Å². The van der Waals surface area contributed by atoms with E-state index in [2.05, 4.69) is 12.2 Å². The van der Waals surface area contributed by atoms with Gasteiger partial charge in [-0.3, -0.25) is 0 Å². The normalized spacial score (nSPS) is 22.4. The van der Waals surface area contributed by atoms with Crippen LogP contribution in [0.15, 0.2) is 18.2 Å². The zero-order valence-corrected chi connectivity index (χ0v) is 11.8. The minimum atomic E-state index is -0.140. The third-order valence-electron chi connectivity index (χ3n) is 3.10. The summed E-state index contributed by atoms with van der Waals surface area (Å²) in [5.74, 6) is 3.44. The van der Waals surface area contributed by atoms with E-state index in [1.165, 1.54) is 23.1 Å². The maximum atomic E-state index is 13.4. The number of aryl methyl sites for hydroxylation is 1. The molecule has 1 N–H and O–H groups in total. The van der Waals surface area contributed by atoms with Crippen LogP contribution in [-0.2, 0) is 0 Å². The molecule has 1 aliphatic rings. The zero-order valence-electron chi connectivity index (χ0n) is 10.2. The Balaban J connectivity index is 2.24. The second kappa shape index (κ2) is 6.12. The topological polar surface area (TPSA) is 12.0 Å². The molecule has 4 heteroatoms. The maximum Gasteiger partial charge on any atom is 0.123 e. The summed E-state index contributed by atoms with van der Waals surface area (Å²) in [5, 5.41) is 3.90. The van der Waals surface area contributed by atoms with Gasteiger partial charge in [0.05, 0.1) is 0 Å². The van der Waals surface area contributed by atoms with E-state index in [1.54, 1.807) is 6.07 Å². The molecule has 0 radical (unpaired) electrons. The van der Waals surface area contributed by atoms with E-state index in [-0.39, 0.29) is 11.9 Å². The second-order valence-electron chi connectivity index (χ2n) is 4.25. The Labute approximate surface area is 111 Å². The van der Waals surface area contributed by atoms with Crippen LogP contribution in [0.2, 0.25) is 0 Å². The average molecular weight is 271 g/mol. The molecule has 1 aliphatic heterocycles. The molecule has 0 bridgehead atoms. The summed E-state index contributed by atoms with van der Waals surface area (Å²) < 4.78 is 13.4. The van der Waals surface area contributed by atoms with Gasteiger partial charge in [0, 0.05) is 28.6 Å². The standard InChI is InChI=1S/C13H18FNS2/c1-9-3-4-10(14)7-11(9)13(15-2)12-8-16-5-6-17-12/h3-4,7,12-13,15H,5-6,8H2,1-2H3. The molecule has 17 heavy (non-hydrogen) atoms. The fourth-order valence-corrected chi connectivity index (χ4v) is 5.09. The minimum Gasteiger partial charge on any atom is -0.312 e. The van der Waals surface area contributed by atoms with Crippen LogP contribution in [0.1, 0.15) is 17.2 Å². The molecule has 1 aromatic rings. The van der Waals surface area contributed by atoms with E-state index < -0.39 is 0 Å². The van der Waals surface area contributed by atoms with Gasteiger partial charge in [0.25, 0.3) is 0 Å². The highest BCUT2D eigenvalue weighted by molar-refractivity contribution is 8.06. The number of hydrogen-bond acceptors (Lipinski definition) is 3. The number of rotatable bonds is 3. The van der Waals surface area contributed by atoms with Crippen molar-refractivity contribution in [3.05, 3.63) is 35.1 Å². The summed E-state index contributed by atoms with van der Waals surface area (Å²) in [5.41, 5.74) is 2.27. The Morgan fingerprint density at radius 2 is 2.24 bits per heavy atom. The van der Waals surface area contributed by atoms with Crippen molar-refractivity contribution >= 4 is 23.5 Å². The minimum absolute atomic E-state index is 0.140. The first kappa shape index (κ1) is 13.2. The number of hydrogen-bond donors (Lipinski definition) is 1. The molecular formula is C13H18FNS2. The van der Waals surface area contributed by atoms with Crippen molar-refractivity contribution in [2.24, 2.45) is 0 Å². The van der Waals surface area contributed by atoms with Crippen LogP contribution < -0.4 is 5.32 Å². The fraction of sp³-hybridized carbons (Fsp3) is 0.538. The third kappa shape index (κ3) is 3.18. The van der Waals surface area contributed by atoms with Crippen molar-refractivity contribution in [3.63, 3.8) is 0 Å². The summed E-state index contributed by atoms with van der Waals surface area (Å²) in [6.07, 6.45) is 0. The van der Waals surface area contributed by atoms with Crippen LogP contribution in [0.5, 0.6) is 0 Å². The molecule has 1 aromatic carbocycles. The Kier molecular flexibility index (Phi) is 4.77. The van der Waals surface area contributed by atoms with E-state index >= 15 is 0 Å². The van der Waals surface area contributed by atoms with Crippen LogP contribution in [0.25, 0.3) is 0 Å². The van der Waals surface area contributed by atoms with E-state index in [4.69, 9.17) is 0 Å². The quantitative estimate of drug-likeness (QED) is 0.906. The largest absolute Gasteiger partial charge is 0.312 e. The van der Waals surface area contributed by atoms with Gasteiger partial charge in [-0.1, -0.05) is 6.07 Å². The molecule has 2 atom stereocenters. The first-order chi connectivity index (χ1) is 8.22. The molecule has 1 nitrogen and oxygen atoms in total. The summed E-state index contributed by atoms with van der Waals surface area (Å²) in [4.78, 5) is 0. The van der Waals surface area contributed by atoms with Gasteiger partial charge >= 0.3 is 0 Å². The summed E-state index contributed by atoms with van der Waals surface area (Å²) >= 11 is 4.00. The van der Waals surface area contributed by atoms with Crippen LogP contribution in [-0.4, -0.2) is 29.6 Å². The molecule has 2 unspecified atom stereocenters. The highest BCUT2D eigenvalue weighted by atomic mass is 32.2. The molecule has 0 aromatic heterocycles. The van der Waals surface area contributed by atoms with Gasteiger partial charge in [-0.15, -0.1) is 0 Å². The van der Waals surface area contributed by atoms with Crippen molar-refractivity contribution in [2.45, 2.75) is 18.2 Å².